The molecule has 22 heavy (non-hydrogen) atoms. The number of carbonyl (C=O) groups is 2. The van der Waals surface area contributed by atoms with E-state index in [4.69, 9.17) is 16.3 Å². The summed E-state index contributed by atoms with van der Waals surface area (Å²) in [6.07, 6.45) is 5.62. The summed E-state index contributed by atoms with van der Waals surface area (Å²) >= 11 is 6.25. The lowest BCUT2D eigenvalue weighted by Crippen LogP contribution is -2.45. The standard InChI is InChI=1S/C15H20ClN3O3/c1-22-15(21)9-4-2-3-5-10(9)17-14(20)13-11(16)12(18-19-13)8-6-7-8/h8-10H,2-7H2,1H3,(H,17,20)(H,18,19)/t9-,10-/m0/s1. The number of carbonyl (C=O) groups excluding carboxylic acids is 2. The van der Waals surface area contributed by atoms with Gasteiger partial charge in [0.05, 0.1) is 23.7 Å². The minimum atomic E-state index is -0.325. The van der Waals surface area contributed by atoms with Crippen molar-refractivity contribution in [3.8, 4) is 0 Å². The molecule has 0 bridgehead atoms. The first-order valence-corrected chi connectivity index (χ1v) is 8.12. The van der Waals surface area contributed by atoms with Gasteiger partial charge in [-0.05, 0) is 25.7 Å². The molecule has 0 unspecified atom stereocenters. The summed E-state index contributed by atoms with van der Waals surface area (Å²) in [5.41, 5.74) is 1.07. The van der Waals surface area contributed by atoms with Crippen LogP contribution in [0, 0.1) is 5.92 Å². The SMILES string of the molecule is COC(=O)[C@H]1CCCC[C@@H]1NC(=O)c1n[nH]c(C2CC2)c1Cl. The predicted molar refractivity (Wildman–Crippen MR) is 80.8 cm³/mol. The average molecular weight is 326 g/mol. The van der Waals surface area contributed by atoms with Gasteiger partial charge in [0.25, 0.3) is 5.91 Å². The molecular weight excluding hydrogens is 306 g/mol. The molecule has 0 aliphatic heterocycles. The summed E-state index contributed by atoms with van der Waals surface area (Å²) in [5, 5.41) is 10.2. The summed E-state index contributed by atoms with van der Waals surface area (Å²) in [4.78, 5) is 24.3. The summed E-state index contributed by atoms with van der Waals surface area (Å²) in [7, 11) is 1.38. The summed E-state index contributed by atoms with van der Waals surface area (Å²) in [6, 6.07) is -0.217. The van der Waals surface area contributed by atoms with Crippen LogP contribution in [0.15, 0.2) is 0 Å². The molecule has 2 aliphatic rings. The van der Waals surface area contributed by atoms with E-state index in [2.05, 4.69) is 15.5 Å². The number of amides is 1. The zero-order valence-corrected chi connectivity index (χ0v) is 13.3. The molecule has 1 aromatic heterocycles. The molecule has 6 nitrogen and oxygen atoms in total. The highest BCUT2D eigenvalue weighted by molar-refractivity contribution is 6.34. The number of aromatic amines is 1. The Morgan fingerprint density at radius 2 is 2.00 bits per heavy atom. The van der Waals surface area contributed by atoms with Gasteiger partial charge in [-0.2, -0.15) is 5.10 Å². The normalized spacial score (nSPS) is 24.8. The van der Waals surface area contributed by atoms with Crippen LogP contribution >= 0.6 is 11.6 Å². The number of rotatable bonds is 4. The monoisotopic (exact) mass is 325 g/mol. The lowest BCUT2D eigenvalue weighted by Gasteiger charge is -2.29. The van der Waals surface area contributed by atoms with Crippen molar-refractivity contribution >= 4 is 23.5 Å². The molecule has 1 aromatic rings. The lowest BCUT2D eigenvalue weighted by atomic mass is 9.84. The zero-order chi connectivity index (χ0) is 15.7. The number of methoxy groups -OCH3 is 1. The second kappa shape index (κ2) is 6.28. The molecule has 0 radical (unpaired) electrons. The molecule has 2 fully saturated rings. The molecule has 0 spiro atoms. The maximum Gasteiger partial charge on any atom is 0.310 e. The molecule has 2 N–H and O–H groups in total. The highest BCUT2D eigenvalue weighted by Crippen LogP contribution is 2.42. The molecule has 3 rings (SSSR count). The summed E-state index contributed by atoms with van der Waals surface area (Å²) in [5.74, 6) is -0.479. The number of hydrogen-bond donors (Lipinski definition) is 2. The third kappa shape index (κ3) is 2.97. The van der Waals surface area contributed by atoms with Crippen molar-refractivity contribution in [3.63, 3.8) is 0 Å². The van der Waals surface area contributed by atoms with Crippen molar-refractivity contribution in [3.05, 3.63) is 16.4 Å². The Balaban J connectivity index is 1.71. The summed E-state index contributed by atoms with van der Waals surface area (Å²) < 4.78 is 4.84. The fraction of sp³-hybridized carbons (Fsp3) is 0.667. The topological polar surface area (TPSA) is 84.1 Å². The van der Waals surface area contributed by atoms with E-state index in [0.29, 0.717) is 10.9 Å². The van der Waals surface area contributed by atoms with E-state index in [9.17, 15) is 9.59 Å². The molecule has 7 heteroatoms. The summed E-state index contributed by atoms with van der Waals surface area (Å²) in [6.45, 7) is 0. The van der Waals surface area contributed by atoms with Gasteiger partial charge in [0.2, 0.25) is 0 Å². The highest BCUT2D eigenvalue weighted by Gasteiger charge is 2.35. The van der Waals surface area contributed by atoms with Gasteiger partial charge in [-0.25, -0.2) is 0 Å². The zero-order valence-electron chi connectivity index (χ0n) is 12.5. The van der Waals surface area contributed by atoms with Crippen LogP contribution in [0.5, 0.6) is 0 Å². The quantitative estimate of drug-likeness (QED) is 0.833. The van der Waals surface area contributed by atoms with E-state index in [-0.39, 0.29) is 29.5 Å². The maximum absolute atomic E-state index is 12.4. The number of nitrogens with one attached hydrogen (secondary N) is 2. The lowest BCUT2D eigenvalue weighted by molar-refractivity contribution is -0.147. The van der Waals surface area contributed by atoms with E-state index in [0.717, 1.165) is 44.2 Å². The fourth-order valence-electron chi connectivity index (χ4n) is 3.11. The van der Waals surface area contributed by atoms with Crippen LogP contribution in [-0.2, 0) is 9.53 Å². The molecule has 2 atom stereocenters. The van der Waals surface area contributed by atoms with Gasteiger partial charge < -0.3 is 10.1 Å². The Hall–Kier alpha value is -1.56. The third-order valence-corrected chi connectivity index (χ3v) is 4.90. The van der Waals surface area contributed by atoms with Crippen molar-refractivity contribution < 1.29 is 14.3 Å². The minimum Gasteiger partial charge on any atom is -0.469 e. The molecule has 2 aliphatic carbocycles. The van der Waals surface area contributed by atoms with Crippen LogP contribution in [0.4, 0.5) is 0 Å². The number of H-pyrrole nitrogens is 1. The van der Waals surface area contributed by atoms with E-state index in [1.54, 1.807) is 0 Å². The number of ether oxygens (including phenoxy) is 1. The van der Waals surface area contributed by atoms with Crippen molar-refractivity contribution in [2.24, 2.45) is 5.92 Å². The van der Waals surface area contributed by atoms with Gasteiger partial charge >= 0.3 is 5.97 Å². The Morgan fingerprint density at radius 3 is 2.68 bits per heavy atom. The largest absolute Gasteiger partial charge is 0.469 e. The Kier molecular flexibility index (Phi) is 4.38. The minimum absolute atomic E-state index is 0.217. The van der Waals surface area contributed by atoms with Gasteiger partial charge in [0.1, 0.15) is 0 Å². The molecule has 0 aromatic carbocycles. The first kappa shape index (κ1) is 15.3. The molecule has 120 valence electrons. The smallest absolute Gasteiger partial charge is 0.310 e. The van der Waals surface area contributed by atoms with Crippen LogP contribution < -0.4 is 5.32 Å². The second-order valence-corrected chi connectivity index (χ2v) is 6.45. The van der Waals surface area contributed by atoms with E-state index >= 15 is 0 Å². The molecule has 1 amide bonds. The molecule has 2 saturated carbocycles. The van der Waals surface area contributed by atoms with Crippen molar-refractivity contribution in [2.45, 2.75) is 50.5 Å². The number of nitrogens with zero attached hydrogens (tertiary/aromatic N) is 1. The van der Waals surface area contributed by atoms with Crippen LogP contribution in [-0.4, -0.2) is 35.2 Å². The average Bonchev–Trinajstić information content (AvgIpc) is 3.29. The molecular formula is C15H20ClN3O3. The molecule has 1 heterocycles. The fourth-order valence-corrected chi connectivity index (χ4v) is 3.43. The first-order chi connectivity index (χ1) is 10.6. The van der Waals surface area contributed by atoms with Crippen molar-refractivity contribution in [2.75, 3.05) is 7.11 Å². The van der Waals surface area contributed by atoms with Gasteiger partial charge in [-0.3, -0.25) is 14.7 Å². The van der Waals surface area contributed by atoms with Crippen LogP contribution in [0.1, 0.15) is 60.6 Å². The van der Waals surface area contributed by atoms with Gasteiger partial charge in [-0.1, -0.05) is 24.4 Å². The van der Waals surface area contributed by atoms with Crippen LogP contribution in [0.3, 0.4) is 0 Å². The highest BCUT2D eigenvalue weighted by atomic mass is 35.5. The van der Waals surface area contributed by atoms with E-state index in [1.165, 1.54) is 7.11 Å². The first-order valence-electron chi connectivity index (χ1n) is 7.74. The van der Waals surface area contributed by atoms with E-state index < -0.39 is 0 Å². The van der Waals surface area contributed by atoms with Crippen molar-refractivity contribution in [1.82, 2.24) is 15.5 Å². The Morgan fingerprint density at radius 1 is 1.27 bits per heavy atom. The Bertz CT molecular complexity index is 583. The Labute approximate surface area is 133 Å². The van der Waals surface area contributed by atoms with Gasteiger partial charge in [0.15, 0.2) is 5.69 Å². The van der Waals surface area contributed by atoms with Crippen LogP contribution in [0.25, 0.3) is 0 Å². The maximum atomic E-state index is 12.4. The van der Waals surface area contributed by atoms with Crippen molar-refractivity contribution in [1.29, 1.82) is 0 Å². The number of esters is 1. The van der Waals surface area contributed by atoms with Gasteiger partial charge in [-0.15, -0.1) is 0 Å². The second-order valence-electron chi connectivity index (χ2n) is 6.07. The van der Waals surface area contributed by atoms with Gasteiger partial charge in [0, 0.05) is 12.0 Å². The number of aromatic nitrogens is 2. The number of halogens is 1. The predicted octanol–water partition coefficient (Wildman–Crippen LogP) is 2.40. The molecule has 0 saturated heterocycles. The van der Waals surface area contributed by atoms with E-state index in [1.807, 2.05) is 0 Å². The van der Waals surface area contributed by atoms with Crippen LogP contribution in [0.2, 0.25) is 5.02 Å². The number of hydrogen-bond acceptors (Lipinski definition) is 4. The third-order valence-electron chi connectivity index (χ3n) is 4.52.